The summed E-state index contributed by atoms with van der Waals surface area (Å²) in [6.07, 6.45) is 7.69. The first-order valence-corrected chi connectivity index (χ1v) is 6.92. The minimum atomic E-state index is -0.159. The average molecular weight is 281 g/mol. The van der Waals surface area contributed by atoms with Gasteiger partial charge in [-0.2, -0.15) is 0 Å². The SMILES string of the molecule is O=CC(Br)c1ccc(C2CCCCC2)cc1. The van der Waals surface area contributed by atoms with E-state index in [-0.39, 0.29) is 4.83 Å². The largest absolute Gasteiger partial charge is 0.302 e. The Morgan fingerprint density at radius 1 is 1.12 bits per heavy atom. The van der Waals surface area contributed by atoms with Gasteiger partial charge in [-0.1, -0.05) is 59.5 Å². The van der Waals surface area contributed by atoms with E-state index in [1.54, 1.807) is 0 Å². The van der Waals surface area contributed by atoms with Crippen molar-refractivity contribution in [2.45, 2.75) is 42.8 Å². The zero-order valence-electron chi connectivity index (χ0n) is 9.36. The fraction of sp³-hybridized carbons (Fsp3) is 0.500. The van der Waals surface area contributed by atoms with Gasteiger partial charge in [-0.3, -0.25) is 0 Å². The molecule has 1 aliphatic carbocycles. The van der Waals surface area contributed by atoms with E-state index in [4.69, 9.17) is 0 Å². The summed E-state index contributed by atoms with van der Waals surface area (Å²) in [5, 5.41) is 0. The standard InChI is InChI=1S/C14H17BrO/c15-14(10-16)13-8-6-12(7-9-13)11-4-2-1-3-5-11/h6-11,14H,1-5H2. The molecule has 0 aliphatic heterocycles. The lowest BCUT2D eigenvalue weighted by atomic mass is 9.84. The summed E-state index contributed by atoms with van der Waals surface area (Å²) in [6, 6.07) is 8.50. The van der Waals surface area contributed by atoms with Crippen LogP contribution in [0.1, 0.15) is 54.0 Å². The molecule has 2 heteroatoms. The molecular weight excluding hydrogens is 264 g/mol. The van der Waals surface area contributed by atoms with Crippen molar-refractivity contribution < 1.29 is 4.79 Å². The van der Waals surface area contributed by atoms with E-state index in [0.29, 0.717) is 0 Å². The van der Waals surface area contributed by atoms with Gasteiger partial charge in [0.25, 0.3) is 0 Å². The maximum atomic E-state index is 10.6. The molecule has 1 aromatic carbocycles. The number of carbonyl (C=O) groups is 1. The minimum Gasteiger partial charge on any atom is -0.302 e. The summed E-state index contributed by atoms with van der Waals surface area (Å²) in [6.45, 7) is 0. The number of benzene rings is 1. The van der Waals surface area contributed by atoms with Gasteiger partial charge in [-0.15, -0.1) is 0 Å². The van der Waals surface area contributed by atoms with Crippen LogP contribution in [0, 0.1) is 0 Å². The molecule has 0 spiro atoms. The first kappa shape index (κ1) is 11.8. The van der Waals surface area contributed by atoms with Crippen molar-refractivity contribution in [2.24, 2.45) is 0 Å². The predicted octanol–water partition coefficient (Wildman–Crippen LogP) is 4.37. The van der Waals surface area contributed by atoms with Crippen molar-refractivity contribution in [3.05, 3.63) is 35.4 Å². The molecule has 0 N–H and O–H groups in total. The normalized spacial score (nSPS) is 19.3. The Morgan fingerprint density at radius 3 is 2.31 bits per heavy atom. The molecule has 0 saturated heterocycles. The third-order valence-electron chi connectivity index (χ3n) is 3.45. The van der Waals surface area contributed by atoms with E-state index < -0.39 is 0 Å². The lowest BCUT2D eigenvalue weighted by Gasteiger charge is -2.22. The molecule has 0 aromatic heterocycles. The molecule has 1 unspecified atom stereocenters. The van der Waals surface area contributed by atoms with Crippen molar-refractivity contribution in [1.29, 1.82) is 0 Å². The van der Waals surface area contributed by atoms with Crippen LogP contribution in [-0.2, 0) is 4.79 Å². The third-order valence-corrected chi connectivity index (χ3v) is 4.20. The molecule has 86 valence electrons. The first-order valence-electron chi connectivity index (χ1n) is 6.00. The number of rotatable bonds is 3. The number of hydrogen-bond donors (Lipinski definition) is 0. The third kappa shape index (κ3) is 2.73. The lowest BCUT2D eigenvalue weighted by Crippen LogP contribution is -2.04. The highest BCUT2D eigenvalue weighted by molar-refractivity contribution is 9.09. The molecule has 2 rings (SSSR count). The summed E-state index contributed by atoms with van der Waals surface area (Å²) < 4.78 is 0. The second kappa shape index (κ2) is 5.62. The lowest BCUT2D eigenvalue weighted by molar-refractivity contribution is -0.107. The number of aldehydes is 1. The molecule has 0 heterocycles. The van der Waals surface area contributed by atoms with E-state index in [1.807, 2.05) is 0 Å². The Balaban J connectivity index is 2.08. The van der Waals surface area contributed by atoms with Crippen molar-refractivity contribution >= 4 is 22.2 Å². The highest BCUT2D eigenvalue weighted by atomic mass is 79.9. The minimum absolute atomic E-state index is 0.159. The summed E-state index contributed by atoms with van der Waals surface area (Å²) in [5.74, 6) is 0.743. The summed E-state index contributed by atoms with van der Waals surface area (Å²) in [7, 11) is 0. The van der Waals surface area contributed by atoms with Gasteiger partial charge < -0.3 is 4.79 Å². The van der Waals surface area contributed by atoms with Crippen LogP contribution >= 0.6 is 15.9 Å². The maximum absolute atomic E-state index is 10.6. The molecule has 0 amide bonds. The fourth-order valence-electron chi connectivity index (χ4n) is 2.47. The Hall–Kier alpha value is -0.630. The molecule has 1 fully saturated rings. The van der Waals surface area contributed by atoms with Crippen molar-refractivity contribution in [1.82, 2.24) is 0 Å². The number of carbonyl (C=O) groups excluding carboxylic acids is 1. The van der Waals surface area contributed by atoms with Crippen LogP contribution in [0.2, 0.25) is 0 Å². The summed E-state index contributed by atoms with van der Waals surface area (Å²) >= 11 is 3.34. The van der Waals surface area contributed by atoms with E-state index in [0.717, 1.165) is 17.8 Å². The molecule has 0 bridgehead atoms. The van der Waals surface area contributed by atoms with Gasteiger partial charge in [0.1, 0.15) is 6.29 Å². The van der Waals surface area contributed by atoms with Gasteiger partial charge in [0, 0.05) is 0 Å². The van der Waals surface area contributed by atoms with Crippen LogP contribution in [0.3, 0.4) is 0 Å². The van der Waals surface area contributed by atoms with Gasteiger partial charge in [-0.25, -0.2) is 0 Å². The number of halogens is 1. The Kier molecular flexibility index (Phi) is 4.16. The molecule has 1 atom stereocenters. The Labute approximate surface area is 105 Å². The quantitative estimate of drug-likeness (QED) is 0.594. The maximum Gasteiger partial charge on any atom is 0.138 e. The summed E-state index contributed by atoms with van der Waals surface area (Å²) in [4.78, 5) is 10.5. The number of alkyl halides is 1. The highest BCUT2D eigenvalue weighted by Crippen LogP contribution is 2.33. The van der Waals surface area contributed by atoms with Gasteiger partial charge in [0.15, 0.2) is 0 Å². The molecular formula is C14H17BrO. The highest BCUT2D eigenvalue weighted by Gasteiger charge is 2.15. The summed E-state index contributed by atoms with van der Waals surface area (Å²) in [5.41, 5.74) is 2.49. The fourth-order valence-corrected chi connectivity index (χ4v) is 2.77. The van der Waals surface area contributed by atoms with E-state index in [2.05, 4.69) is 40.2 Å². The Morgan fingerprint density at radius 2 is 1.75 bits per heavy atom. The van der Waals surface area contributed by atoms with Gasteiger partial charge >= 0.3 is 0 Å². The smallest absolute Gasteiger partial charge is 0.138 e. The van der Waals surface area contributed by atoms with Crippen LogP contribution in [0.5, 0.6) is 0 Å². The molecule has 1 aromatic rings. The molecule has 1 saturated carbocycles. The molecule has 1 aliphatic rings. The second-order valence-corrected chi connectivity index (χ2v) is 5.53. The van der Waals surface area contributed by atoms with Crippen molar-refractivity contribution in [3.8, 4) is 0 Å². The number of hydrogen-bond acceptors (Lipinski definition) is 1. The van der Waals surface area contributed by atoms with Gasteiger partial charge in [0.2, 0.25) is 0 Å². The van der Waals surface area contributed by atoms with E-state index in [1.165, 1.54) is 37.7 Å². The molecule has 1 nitrogen and oxygen atoms in total. The molecule has 0 radical (unpaired) electrons. The van der Waals surface area contributed by atoms with Crippen molar-refractivity contribution in [3.63, 3.8) is 0 Å². The van der Waals surface area contributed by atoms with Crippen molar-refractivity contribution in [2.75, 3.05) is 0 Å². The van der Waals surface area contributed by atoms with Crippen LogP contribution in [0.4, 0.5) is 0 Å². The first-order chi connectivity index (χ1) is 7.81. The average Bonchev–Trinajstić information content (AvgIpc) is 2.39. The van der Waals surface area contributed by atoms with Crippen LogP contribution in [-0.4, -0.2) is 6.29 Å². The topological polar surface area (TPSA) is 17.1 Å². The zero-order valence-corrected chi connectivity index (χ0v) is 10.9. The monoisotopic (exact) mass is 280 g/mol. The molecule has 16 heavy (non-hydrogen) atoms. The van der Waals surface area contributed by atoms with Crippen LogP contribution in [0.15, 0.2) is 24.3 Å². The Bertz CT molecular complexity index is 338. The van der Waals surface area contributed by atoms with Crippen LogP contribution in [0.25, 0.3) is 0 Å². The van der Waals surface area contributed by atoms with E-state index in [9.17, 15) is 4.79 Å². The van der Waals surface area contributed by atoms with Crippen LogP contribution < -0.4 is 0 Å². The van der Waals surface area contributed by atoms with E-state index >= 15 is 0 Å². The van der Waals surface area contributed by atoms with Gasteiger partial charge in [-0.05, 0) is 29.9 Å². The zero-order chi connectivity index (χ0) is 11.4. The predicted molar refractivity (Wildman–Crippen MR) is 70.0 cm³/mol. The second-order valence-electron chi connectivity index (χ2n) is 4.54. The van der Waals surface area contributed by atoms with Gasteiger partial charge in [0.05, 0.1) is 4.83 Å².